The minimum atomic E-state index is -0.427. The Morgan fingerprint density at radius 1 is 1.33 bits per heavy atom. The van der Waals surface area contributed by atoms with Crippen LogP contribution in [0.15, 0.2) is 24.3 Å². The fourth-order valence-electron chi connectivity index (χ4n) is 5.52. The number of fused-ring (bicyclic) bond motifs is 6. The average molecular weight is 368 g/mol. The van der Waals surface area contributed by atoms with Crippen LogP contribution in [0.4, 0.5) is 0 Å². The molecule has 142 valence electrons. The second-order valence-corrected chi connectivity index (χ2v) is 8.21. The van der Waals surface area contributed by atoms with Gasteiger partial charge in [-0.3, -0.25) is 14.5 Å². The molecule has 5 rings (SSSR count). The number of ether oxygens (including phenoxy) is 2. The van der Waals surface area contributed by atoms with Gasteiger partial charge < -0.3 is 14.5 Å². The van der Waals surface area contributed by atoms with E-state index in [9.17, 15) is 9.59 Å². The number of benzene rings is 1. The summed E-state index contributed by atoms with van der Waals surface area (Å²) in [6.07, 6.45) is 0.990. The maximum atomic E-state index is 13.2. The van der Waals surface area contributed by atoms with Gasteiger partial charge >= 0.3 is 5.97 Å². The van der Waals surface area contributed by atoms with E-state index in [0.29, 0.717) is 18.5 Å². The molecule has 1 aromatic carbocycles. The first-order valence-corrected chi connectivity index (χ1v) is 9.55. The number of nitrogens with zero attached hydrogens (tertiary/aromatic N) is 1. The first-order chi connectivity index (χ1) is 13.0. The number of nitrogens with one attached hydrogen (secondary N) is 1. The monoisotopic (exact) mass is 368 g/mol. The summed E-state index contributed by atoms with van der Waals surface area (Å²) in [5.41, 5.74) is 2.24. The summed E-state index contributed by atoms with van der Waals surface area (Å²) in [4.78, 5) is 31.6. The molecule has 3 aliphatic rings. The van der Waals surface area contributed by atoms with Gasteiger partial charge in [-0.2, -0.15) is 0 Å². The minimum Gasteiger partial charge on any atom is -0.469 e. The zero-order chi connectivity index (χ0) is 18.9. The molecule has 1 N–H and O–H groups in total. The molecule has 0 saturated carbocycles. The number of likely N-dealkylation sites (tertiary alicyclic amines) is 1. The van der Waals surface area contributed by atoms with E-state index in [4.69, 9.17) is 9.47 Å². The van der Waals surface area contributed by atoms with Gasteiger partial charge in [0.25, 0.3) is 0 Å². The third-order valence-corrected chi connectivity index (χ3v) is 6.95. The van der Waals surface area contributed by atoms with Crippen molar-refractivity contribution in [3.8, 4) is 0 Å². The highest BCUT2D eigenvalue weighted by Crippen LogP contribution is 2.54. The van der Waals surface area contributed by atoms with E-state index >= 15 is 0 Å². The van der Waals surface area contributed by atoms with Crippen molar-refractivity contribution in [1.82, 2.24) is 9.88 Å². The molecule has 6 nitrogen and oxygen atoms in total. The van der Waals surface area contributed by atoms with Gasteiger partial charge in [-0.05, 0) is 32.0 Å². The Balaban J connectivity index is 1.69. The van der Waals surface area contributed by atoms with E-state index in [1.54, 1.807) is 0 Å². The van der Waals surface area contributed by atoms with E-state index in [0.717, 1.165) is 23.0 Å². The van der Waals surface area contributed by atoms with E-state index in [2.05, 4.69) is 9.88 Å². The lowest BCUT2D eigenvalue weighted by Gasteiger charge is -2.47. The number of carbonyl (C=O) groups excluding carboxylic acids is 2. The van der Waals surface area contributed by atoms with Gasteiger partial charge in [0, 0.05) is 35.8 Å². The molecule has 2 saturated heterocycles. The number of epoxide rings is 1. The molecular formula is C21H24N2O4. The van der Waals surface area contributed by atoms with Crippen LogP contribution in [0.25, 0.3) is 10.9 Å². The van der Waals surface area contributed by atoms with Crippen LogP contribution in [0.5, 0.6) is 0 Å². The zero-order valence-corrected chi connectivity index (χ0v) is 15.8. The summed E-state index contributed by atoms with van der Waals surface area (Å²) in [7, 11) is 3.48. The topological polar surface area (TPSA) is 74.9 Å². The standard InChI is InChI=1S/C21H24N2O4/c1-11-21(27-11)10-23(2)16-8-13-12-6-4-5-7-15(12)22-19(13)17(24)9-14(21)18(16)20(25)26-3/h4-7,11,14,16,18,22H,8-10H2,1-3H3/t11-,14+,16+,18+,21+/m1/s1. The van der Waals surface area contributed by atoms with Gasteiger partial charge in [-0.25, -0.2) is 0 Å². The molecule has 0 unspecified atom stereocenters. The molecule has 5 atom stereocenters. The fraction of sp³-hybridized carbons (Fsp3) is 0.524. The smallest absolute Gasteiger partial charge is 0.310 e. The molecule has 3 heterocycles. The van der Waals surface area contributed by atoms with Crippen LogP contribution in [0.1, 0.15) is 29.4 Å². The van der Waals surface area contributed by atoms with Crippen molar-refractivity contribution in [1.29, 1.82) is 0 Å². The maximum absolute atomic E-state index is 13.2. The summed E-state index contributed by atoms with van der Waals surface area (Å²) in [6.45, 7) is 2.77. The highest BCUT2D eigenvalue weighted by molar-refractivity contribution is 6.03. The number of H-pyrrole nitrogens is 1. The van der Waals surface area contributed by atoms with Crippen molar-refractivity contribution in [2.75, 3.05) is 20.7 Å². The maximum Gasteiger partial charge on any atom is 0.310 e. The highest BCUT2D eigenvalue weighted by Gasteiger charge is 2.67. The number of carbonyl (C=O) groups is 2. The number of likely N-dealkylation sites (N-methyl/N-ethyl adjacent to an activating group) is 1. The summed E-state index contributed by atoms with van der Waals surface area (Å²) >= 11 is 0. The molecule has 2 bridgehead atoms. The lowest BCUT2D eigenvalue weighted by molar-refractivity contribution is -0.155. The Hall–Kier alpha value is -2.18. The lowest BCUT2D eigenvalue weighted by atomic mass is 9.67. The van der Waals surface area contributed by atoms with Gasteiger partial charge in [-0.15, -0.1) is 0 Å². The Bertz CT molecular complexity index is 951. The number of hydrogen-bond donors (Lipinski definition) is 1. The predicted octanol–water partition coefficient (Wildman–Crippen LogP) is 2.17. The van der Waals surface area contributed by atoms with Crippen molar-refractivity contribution in [2.24, 2.45) is 11.8 Å². The van der Waals surface area contributed by atoms with Gasteiger partial charge in [0.1, 0.15) is 5.60 Å². The average Bonchev–Trinajstić information content (AvgIpc) is 3.13. The fourth-order valence-corrected chi connectivity index (χ4v) is 5.52. The predicted molar refractivity (Wildman–Crippen MR) is 99.6 cm³/mol. The summed E-state index contributed by atoms with van der Waals surface area (Å²) in [5.74, 6) is -0.711. The molecule has 2 fully saturated rings. The number of para-hydroxylation sites is 1. The number of rotatable bonds is 1. The molecule has 1 aliphatic carbocycles. The normalized spacial score (nSPS) is 35.6. The van der Waals surface area contributed by atoms with E-state index in [-0.39, 0.29) is 35.7 Å². The first-order valence-electron chi connectivity index (χ1n) is 9.55. The molecule has 1 spiro atoms. The number of esters is 1. The van der Waals surface area contributed by atoms with Gasteiger partial charge in [0.2, 0.25) is 0 Å². The summed E-state index contributed by atoms with van der Waals surface area (Å²) in [6, 6.07) is 7.97. The molecule has 27 heavy (non-hydrogen) atoms. The third-order valence-electron chi connectivity index (χ3n) is 6.95. The Kier molecular flexibility index (Phi) is 3.55. The molecule has 6 heteroatoms. The SMILES string of the molecule is COC(=O)[C@@H]1[C@@H]2Cc3c([nH]c4ccccc34)C(=O)C[C@@H]1[C@@]1(CN2C)O[C@@H]1C. The van der Waals surface area contributed by atoms with E-state index < -0.39 is 5.60 Å². The lowest BCUT2D eigenvalue weighted by Crippen LogP contribution is -2.60. The van der Waals surface area contributed by atoms with E-state index in [1.165, 1.54) is 7.11 Å². The van der Waals surface area contributed by atoms with Gasteiger partial charge in [-0.1, -0.05) is 18.2 Å². The number of aromatic amines is 1. The quantitative estimate of drug-likeness (QED) is 0.617. The zero-order valence-electron chi connectivity index (χ0n) is 15.8. The van der Waals surface area contributed by atoms with Crippen molar-refractivity contribution in [3.63, 3.8) is 0 Å². The molecule has 1 aromatic heterocycles. The van der Waals surface area contributed by atoms with Crippen LogP contribution >= 0.6 is 0 Å². The molecule has 0 amide bonds. The van der Waals surface area contributed by atoms with Crippen molar-refractivity contribution in [2.45, 2.75) is 37.5 Å². The second kappa shape index (κ2) is 5.66. The molecule has 2 aromatic rings. The Morgan fingerprint density at radius 3 is 2.78 bits per heavy atom. The van der Waals surface area contributed by atoms with E-state index in [1.807, 2.05) is 38.2 Å². The Morgan fingerprint density at radius 2 is 2.07 bits per heavy atom. The van der Waals surface area contributed by atoms with Crippen LogP contribution in [0.3, 0.4) is 0 Å². The van der Waals surface area contributed by atoms with Crippen LogP contribution in [-0.4, -0.2) is 60.1 Å². The number of Topliss-reactive ketones (excluding diaryl/α,β-unsaturated/α-hetero) is 1. The second-order valence-electron chi connectivity index (χ2n) is 8.21. The van der Waals surface area contributed by atoms with Gasteiger partial charge in [0.05, 0.1) is 24.8 Å². The Labute approximate surface area is 157 Å². The molecular weight excluding hydrogens is 344 g/mol. The highest BCUT2D eigenvalue weighted by atomic mass is 16.6. The number of piperidine rings is 1. The van der Waals surface area contributed by atoms with Crippen molar-refractivity contribution in [3.05, 3.63) is 35.5 Å². The first kappa shape index (κ1) is 17.0. The largest absolute Gasteiger partial charge is 0.469 e. The van der Waals surface area contributed by atoms with Crippen LogP contribution in [0.2, 0.25) is 0 Å². The summed E-state index contributed by atoms with van der Waals surface area (Å²) in [5, 5.41) is 1.06. The minimum absolute atomic E-state index is 0.0180. The van der Waals surface area contributed by atoms with Crippen LogP contribution in [0, 0.1) is 11.8 Å². The number of methoxy groups -OCH3 is 1. The number of ketones is 1. The molecule has 0 radical (unpaired) electrons. The van der Waals surface area contributed by atoms with Crippen LogP contribution < -0.4 is 0 Å². The third kappa shape index (κ3) is 2.26. The van der Waals surface area contributed by atoms with Gasteiger partial charge in [0.15, 0.2) is 5.78 Å². The summed E-state index contributed by atoms with van der Waals surface area (Å²) < 4.78 is 11.2. The number of hydrogen-bond acceptors (Lipinski definition) is 5. The van der Waals surface area contributed by atoms with Crippen molar-refractivity contribution >= 4 is 22.7 Å². The molecule has 2 aliphatic heterocycles. The van der Waals surface area contributed by atoms with Crippen LogP contribution in [-0.2, 0) is 20.7 Å². The van der Waals surface area contributed by atoms with Crippen molar-refractivity contribution < 1.29 is 19.1 Å². The number of aromatic nitrogens is 1.